The molecule has 4 rings (SSSR count). The average Bonchev–Trinajstić information content (AvgIpc) is 3.21. The number of ether oxygens (including phenoxy) is 1. The van der Waals surface area contributed by atoms with Gasteiger partial charge in [0.05, 0.1) is 5.56 Å². The number of likely N-dealkylation sites (N-methyl/N-ethyl adjacent to an activating group) is 1. The molecule has 0 saturated carbocycles. The summed E-state index contributed by atoms with van der Waals surface area (Å²) in [5.41, 5.74) is 4.98. The van der Waals surface area contributed by atoms with E-state index in [4.69, 9.17) is 9.15 Å². The molecule has 4 heteroatoms. The summed E-state index contributed by atoms with van der Waals surface area (Å²) in [5.74, 6) is 1.38. The molecular weight excluding hydrogens is 410 g/mol. The van der Waals surface area contributed by atoms with E-state index < -0.39 is 0 Å². The summed E-state index contributed by atoms with van der Waals surface area (Å²) < 4.78 is 12.1. The van der Waals surface area contributed by atoms with Gasteiger partial charge in [0, 0.05) is 23.1 Å². The Morgan fingerprint density at radius 1 is 0.909 bits per heavy atom. The molecule has 0 atom stereocenters. The monoisotopic (exact) mass is 441 g/mol. The number of hydrogen-bond acceptors (Lipinski definition) is 4. The predicted molar refractivity (Wildman–Crippen MR) is 134 cm³/mol. The van der Waals surface area contributed by atoms with Gasteiger partial charge in [-0.25, -0.2) is 0 Å². The second-order valence-corrected chi connectivity index (χ2v) is 8.41. The fourth-order valence-corrected chi connectivity index (χ4v) is 4.26. The highest BCUT2D eigenvalue weighted by Gasteiger charge is 2.23. The van der Waals surface area contributed by atoms with Crippen LogP contribution in [0.4, 0.5) is 0 Å². The maximum absolute atomic E-state index is 13.7. The first-order valence-corrected chi connectivity index (χ1v) is 11.6. The highest BCUT2D eigenvalue weighted by atomic mass is 16.5. The van der Waals surface area contributed by atoms with Crippen LogP contribution < -0.4 is 4.74 Å². The molecule has 0 radical (unpaired) electrons. The van der Waals surface area contributed by atoms with Gasteiger partial charge in [-0.15, -0.1) is 0 Å². The molecule has 170 valence electrons. The zero-order valence-corrected chi connectivity index (χ0v) is 19.9. The number of nitrogens with zero attached hydrogens (tertiary/aromatic N) is 1. The number of carbonyl (C=O) groups excluding carboxylic acids is 1. The number of ketones is 1. The third-order valence-corrected chi connectivity index (χ3v) is 5.99. The molecule has 0 aliphatic heterocycles. The molecule has 0 fully saturated rings. The molecule has 4 aromatic rings. The van der Waals surface area contributed by atoms with E-state index in [-0.39, 0.29) is 5.78 Å². The Bertz CT molecular complexity index is 1230. The van der Waals surface area contributed by atoms with Crippen molar-refractivity contribution < 1.29 is 13.9 Å². The number of furan rings is 1. The second kappa shape index (κ2) is 10.1. The number of aryl methyl sites for hydroxylation is 2. The van der Waals surface area contributed by atoms with Crippen LogP contribution in [0.1, 0.15) is 40.9 Å². The quantitative estimate of drug-likeness (QED) is 0.272. The van der Waals surface area contributed by atoms with E-state index >= 15 is 0 Å². The molecule has 1 heterocycles. The van der Waals surface area contributed by atoms with Gasteiger partial charge in [-0.05, 0) is 69.4 Å². The summed E-state index contributed by atoms with van der Waals surface area (Å²) in [6.45, 7) is 11.9. The molecule has 0 N–H and O–H groups in total. The van der Waals surface area contributed by atoms with Crippen molar-refractivity contribution in [3.8, 4) is 17.1 Å². The minimum atomic E-state index is -0.0266. The Kier molecular flexibility index (Phi) is 6.95. The van der Waals surface area contributed by atoms with Crippen LogP contribution >= 0.6 is 0 Å². The van der Waals surface area contributed by atoms with Crippen molar-refractivity contribution in [3.05, 3.63) is 89.0 Å². The van der Waals surface area contributed by atoms with E-state index in [1.165, 1.54) is 0 Å². The van der Waals surface area contributed by atoms with Gasteiger partial charge in [-0.3, -0.25) is 4.79 Å². The van der Waals surface area contributed by atoms with Crippen LogP contribution in [0.5, 0.6) is 5.75 Å². The summed E-state index contributed by atoms with van der Waals surface area (Å²) in [6.07, 6.45) is 0. The molecule has 0 aliphatic rings. The van der Waals surface area contributed by atoms with Crippen molar-refractivity contribution in [2.75, 3.05) is 26.2 Å². The lowest BCUT2D eigenvalue weighted by Gasteiger charge is -2.18. The Hall–Kier alpha value is -3.37. The lowest BCUT2D eigenvalue weighted by atomic mass is 9.95. The smallest absolute Gasteiger partial charge is 0.197 e. The van der Waals surface area contributed by atoms with E-state index in [2.05, 4.69) is 24.8 Å². The number of para-hydroxylation sites is 1. The number of benzene rings is 3. The topological polar surface area (TPSA) is 42.7 Å². The van der Waals surface area contributed by atoms with E-state index in [1.54, 1.807) is 0 Å². The maximum atomic E-state index is 13.7. The van der Waals surface area contributed by atoms with Crippen LogP contribution in [-0.2, 0) is 0 Å². The zero-order valence-electron chi connectivity index (χ0n) is 19.9. The van der Waals surface area contributed by atoms with E-state index in [1.807, 2.05) is 74.5 Å². The lowest BCUT2D eigenvalue weighted by Crippen LogP contribution is -2.27. The molecule has 0 unspecified atom stereocenters. The van der Waals surface area contributed by atoms with Gasteiger partial charge in [-0.1, -0.05) is 49.2 Å². The largest absolute Gasteiger partial charge is 0.492 e. The molecule has 33 heavy (non-hydrogen) atoms. The minimum absolute atomic E-state index is 0.0266. The summed E-state index contributed by atoms with van der Waals surface area (Å²) >= 11 is 0. The van der Waals surface area contributed by atoms with Gasteiger partial charge in [0.15, 0.2) is 5.78 Å². The number of rotatable bonds is 9. The summed E-state index contributed by atoms with van der Waals surface area (Å²) in [5, 5.41) is 0.830. The molecular formula is C29H31NO3. The Morgan fingerprint density at radius 2 is 1.58 bits per heavy atom. The van der Waals surface area contributed by atoms with E-state index in [0.717, 1.165) is 47.5 Å². The second-order valence-electron chi connectivity index (χ2n) is 8.41. The fraction of sp³-hybridized carbons (Fsp3) is 0.276. The molecule has 0 saturated heterocycles. The van der Waals surface area contributed by atoms with Crippen molar-refractivity contribution in [2.45, 2.75) is 27.7 Å². The fourth-order valence-electron chi connectivity index (χ4n) is 4.26. The van der Waals surface area contributed by atoms with Crippen molar-refractivity contribution >= 4 is 16.8 Å². The van der Waals surface area contributed by atoms with Crippen LogP contribution in [0.2, 0.25) is 0 Å². The number of carbonyl (C=O) groups is 1. The summed E-state index contributed by atoms with van der Waals surface area (Å²) in [7, 11) is 0. The Labute approximate surface area is 195 Å². The number of hydrogen-bond donors (Lipinski definition) is 0. The third-order valence-electron chi connectivity index (χ3n) is 5.99. The Morgan fingerprint density at radius 3 is 2.24 bits per heavy atom. The standard InChI is InChI=1S/C29H31NO3/c1-5-30(6-2)15-16-32-24-13-11-22(12-14-24)29-27(25-9-7-8-10-26(25)33-29)28(31)23-18-20(3)17-21(4)19-23/h7-14,17-19H,5-6,15-16H2,1-4H3. The van der Waals surface area contributed by atoms with Crippen molar-refractivity contribution in [3.63, 3.8) is 0 Å². The SMILES string of the molecule is CCN(CC)CCOc1ccc(-c2oc3ccccc3c2C(=O)c2cc(C)cc(C)c2)cc1. The van der Waals surface area contributed by atoms with E-state index in [9.17, 15) is 4.79 Å². The van der Waals surface area contributed by atoms with Crippen LogP contribution in [0.15, 0.2) is 71.1 Å². The Balaban J connectivity index is 1.66. The molecule has 0 bridgehead atoms. The maximum Gasteiger partial charge on any atom is 0.197 e. The predicted octanol–water partition coefficient (Wildman–Crippen LogP) is 6.67. The van der Waals surface area contributed by atoms with E-state index in [0.29, 0.717) is 29.1 Å². The van der Waals surface area contributed by atoms with Crippen LogP contribution in [0.25, 0.3) is 22.3 Å². The molecule has 0 aliphatic carbocycles. The van der Waals surface area contributed by atoms with Gasteiger partial charge >= 0.3 is 0 Å². The third kappa shape index (κ3) is 5.01. The number of fused-ring (bicyclic) bond motifs is 1. The van der Waals surface area contributed by atoms with Crippen molar-refractivity contribution in [1.82, 2.24) is 4.90 Å². The first-order valence-electron chi connectivity index (χ1n) is 11.6. The minimum Gasteiger partial charge on any atom is -0.492 e. The molecule has 1 aromatic heterocycles. The van der Waals surface area contributed by atoms with Crippen LogP contribution in [-0.4, -0.2) is 36.9 Å². The van der Waals surface area contributed by atoms with Crippen LogP contribution in [0.3, 0.4) is 0 Å². The first-order chi connectivity index (χ1) is 16.0. The normalized spacial score (nSPS) is 11.3. The van der Waals surface area contributed by atoms with Gasteiger partial charge in [-0.2, -0.15) is 0 Å². The molecule has 0 amide bonds. The highest BCUT2D eigenvalue weighted by molar-refractivity contribution is 6.19. The summed E-state index contributed by atoms with van der Waals surface area (Å²) in [6, 6.07) is 21.5. The molecule has 0 spiro atoms. The van der Waals surface area contributed by atoms with Crippen molar-refractivity contribution in [1.29, 1.82) is 0 Å². The first kappa shape index (κ1) is 22.8. The molecule has 4 nitrogen and oxygen atoms in total. The lowest BCUT2D eigenvalue weighted by molar-refractivity contribution is 0.104. The van der Waals surface area contributed by atoms with Gasteiger partial charge in [0.1, 0.15) is 23.7 Å². The van der Waals surface area contributed by atoms with Crippen molar-refractivity contribution in [2.24, 2.45) is 0 Å². The van der Waals surface area contributed by atoms with Crippen LogP contribution in [0, 0.1) is 13.8 Å². The van der Waals surface area contributed by atoms with Gasteiger partial charge in [0.2, 0.25) is 0 Å². The average molecular weight is 442 g/mol. The highest BCUT2D eigenvalue weighted by Crippen LogP contribution is 2.36. The van der Waals surface area contributed by atoms with Gasteiger partial charge < -0.3 is 14.1 Å². The van der Waals surface area contributed by atoms with Gasteiger partial charge in [0.25, 0.3) is 0 Å². The molecule has 3 aromatic carbocycles. The summed E-state index contributed by atoms with van der Waals surface area (Å²) in [4.78, 5) is 16.0. The zero-order chi connectivity index (χ0) is 23.4.